The molecule has 7 atom stereocenters. The Labute approximate surface area is 258 Å². The molecule has 6 unspecified atom stereocenters. The van der Waals surface area contributed by atoms with Crippen molar-refractivity contribution >= 4 is 40.6 Å². The van der Waals surface area contributed by atoms with Crippen LogP contribution in [0.2, 0.25) is 0 Å². The molecule has 1 saturated heterocycles. The number of nitrogens with one attached hydrogen (secondary N) is 1. The highest BCUT2D eigenvalue weighted by atomic mass is 32.2. The summed E-state index contributed by atoms with van der Waals surface area (Å²) in [7, 11) is 0. The van der Waals surface area contributed by atoms with E-state index in [-0.39, 0.29) is 39.5 Å². The number of H-pyrrole nitrogens is 1. The number of carbonyl (C=O) groups excluding carboxylic acids is 2. The third-order valence-electron chi connectivity index (χ3n) is 9.65. The van der Waals surface area contributed by atoms with E-state index < -0.39 is 35.4 Å². The second kappa shape index (κ2) is 10.1. The summed E-state index contributed by atoms with van der Waals surface area (Å²) in [6, 6.07) is 22.0. The smallest absolute Gasteiger partial charge is 0.416 e. The summed E-state index contributed by atoms with van der Waals surface area (Å²) < 4.78 is 46.9. The molecule has 1 aromatic heterocycles. The van der Waals surface area contributed by atoms with Crippen molar-refractivity contribution in [3.63, 3.8) is 0 Å². The molecule has 2 aliphatic heterocycles. The van der Waals surface area contributed by atoms with Crippen LogP contribution in [0.3, 0.4) is 0 Å². The average Bonchev–Trinajstić information content (AvgIpc) is 3.75. The molecular weight excluding hydrogens is 610 g/mol. The van der Waals surface area contributed by atoms with Gasteiger partial charge in [-0.15, -0.1) is 11.8 Å². The van der Waals surface area contributed by atoms with E-state index in [1.807, 2.05) is 54.6 Å². The van der Waals surface area contributed by atoms with Gasteiger partial charge in [-0.2, -0.15) is 13.2 Å². The van der Waals surface area contributed by atoms with Crippen molar-refractivity contribution in [2.75, 3.05) is 4.90 Å². The number of thioether (sulfide) groups is 1. The molecule has 1 N–H and O–H groups in total. The summed E-state index contributed by atoms with van der Waals surface area (Å²) in [5.41, 5.74) is 0.990. The molecule has 4 aliphatic rings. The molecule has 3 heterocycles. The van der Waals surface area contributed by atoms with Crippen LogP contribution in [-0.2, 0) is 22.4 Å². The summed E-state index contributed by atoms with van der Waals surface area (Å²) in [4.78, 5) is 45.2. The zero-order valence-electron chi connectivity index (χ0n) is 23.0. The zero-order valence-corrected chi connectivity index (χ0v) is 24.6. The van der Waals surface area contributed by atoms with Gasteiger partial charge in [0.05, 0.1) is 28.1 Å². The average molecular weight is 635 g/mol. The number of anilines is 1. The van der Waals surface area contributed by atoms with E-state index >= 15 is 0 Å². The van der Waals surface area contributed by atoms with Gasteiger partial charge in [-0.25, -0.2) is 0 Å². The number of amides is 2. The van der Waals surface area contributed by atoms with Crippen LogP contribution in [-0.4, -0.2) is 22.0 Å². The molecule has 2 saturated carbocycles. The number of hydrogen-bond acceptors (Lipinski definition) is 6. The molecule has 0 radical (unpaired) electrons. The zero-order chi connectivity index (χ0) is 30.3. The van der Waals surface area contributed by atoms with Gasteiger partial charge in [0.2, 0.25) is 11.8 Å². The van der Waals surface area contributed by atoms with Crippen molar-refractivity contribution < 1.29 is 27.5 Å². The van der Waals surface area contributed by atoms with Gasteiger partial charge in [-0.1, -0.05) is 65.9 Å². The fourth-order valence-corrected chi connectivity index (χ4v) is 10.9. The van der Waals surface area contributed by atoms with Crippen LogP contribution in [0.25, 0.3) is 0 Å². The Bertz CT molecular complexity index is 1860. The lowest BCUT2D eigenvalue weighted by molar-refractivity contribution is -0.137. The predicted molar refractivity (Wildman–Crippen MR) is 160 cm³/mol. The number of carbonyl (C=O) groups is 2. The maximum absolute atomic E-state index is 14.0. The molecule has 2 aliphatic carbocycles. The molecule has 3 fully saturated rings. The van der Waals surface area contributed by atoms with E-state index in [4.69, 9.17) is 4.74 Å². The van der Waals surface area contributed by atoms with E-state index in [2.05, 4.69) is 4.98 Å². The quantitative estimate of drug-likeness (QED) is 0.247. The van der Waals surface area contributed by atoms with Crippen molar-refractivity contribution in [1.29, 1.82) is 0 Å². The molecule has 4 aromatic rings. The Morgan fingerprint density at radius 3 is 2.39 bits per heavy atom. The SMILES string of the molecule is O=C1C2C3CC(C2C(=O)N1c1cccc(C(F)(F)F)c1)C1C3Sc2[nH]c(=O)sc2[C@@H]1c1ccccc1OCc1ccccc1. The number of rotatable bonds is 5. The highest BCUT2D eigenvalue weighted by molar-refractivity contribution is 8.00. The number of thiazole rings is 1. The summed E-state index contributed by atoms with van der Waals surface area (Å²) in [5.74, 6) is -2.03. The molecular formula is C33H25F3N2O4S2. The van der Waals surface area contributed by atoms with Crippen LogP contribution < -0.4 is 14.5 Å². The van der Waals surface area contributed by atoms with Crippen molar-refractivity contribution in [2.24, 2.45) is 29.6 Å². The van der Waals surface area contributed by atoms with Crippen LogP contribution in [0.4, 0.5) is 18.9 Å². The second-order valence-corrected chi connectivity index (χ2v) is 14.0. The van der Waals surface area contributed by atoms with Gasteiger partial charge in [-0.05, 0) is 54.0 Å². The Morgan fingerprint density at radius 2 is 1.61 bits per heavy atom. The summed E-state index contributed by atoms with van der Waals surface area (Å²) in [5, 5.41) is 0.726. The monoisotopic (exact) mass is 634 g/mol. The van der Waals surface area contributed by atoms with Gasteiger partial charge < -0.3 is 9.72 Å². The lowest BCUT2D eigenvalue weighted by Gasteiger charge is -2.43. The largest absolute Gasteiger partial charge is 0.489 e. The fourth-order valence-electron chi connectivity index (χ4n) is 8.05. The highest BCUT2D eigenvalue weighted by Crippen LogP contribution is 2.69. The highest BCUT2D eigenvalue weighted by Gasteiger charge is 2.70. The van der Waals surface area contributed by atoms with Crippen molar-refractivity contribution in [2.45, 2.75) is 35.4 Å². The van der Waals surface area contributed by atoms with Crippen LogP contribution in [0, 0.1) is 29.6 Å². The van der Waals surface area contributed by atoms with Gasteiger partial charge in [0.25, 0.3) is 0 Å². The van der Waals surface area contributed by atoms with Crippen LogP contribution >= 0.6 is 23.1 Å². The number of nitrogens with zero attached hydrogens (tertiary/aromatic N) is 1. The minimum absolute atomic E-state index is 0.0427. The molecule has 3 aromatic carbocycles. The first-order chi connectivity index (χ1) is 21.2. The molecule has 2 amide bonds. The first-order valence-electron chi connectivity index (χ1n) is 14.4. The number of benzene rings is 3. The number of alkyl halides is 3. The third kappa shape index (κ3) is 4.19. The van der Waals surface area contributed by atoms with E-state index in [0.29, 0.717) is 18.8 Å². The topological polar surface area (TPSA) is 79.5 Å². The molecule has 8 rings (SSSR count). The normalized spacial score (nSPS) is 28.6. The first kappa shape index (κ1) is 27.7. The van der Waals surface area contributed by atoms with Gasteiger partial charge in [-0.3, -0.25) is 19.3 Å². The van der Waals surface area contributed by atoms with Crippen LogP contribution in [0.15, 0.2) is 88.7 Å². The van der Waals surface area contributed by atoms with Crippen LogP contribution in [0.5, 0.6) is 5.75 Å². The number of aromatic nitrogens is 1. The fraction of sp³-hybridized carbons (Fsp3) is 0.303. The van der Waals surface area contributed by atoms with Gasteiger partial charge >= 0.3 is 11.0 Å². The predicted octanol–water partition coefficient (Wildman–Crippen LogP) is 6.71. The van der Waals surface area contributed by atoms with E-state index in [1.165, 1.54) is 12.1 Å². The van der Waals surface area contributed by atoms with E-state index in [0.717, 1.165) is 49.4 Å². The lowest BCUT2D eigenvalue weighted by Crippen LogP contribution is -2.42. The number of ether oxygens (including phenoxy) is 1. The van der Waals surface area contributed by atoms with E-state index in [9.17, 15) is 27.6 Å². The number of halogens is 3. The Balaban J connectivity index is 1.18. The Kier molecular flexibility index (Phi) is 6.36. The summed E-state index contributed by atoms with van der Waals surface area (Å²) in [6.45, 7) is 0.360. The minimum atomic E-state index is -4.60. The molecule has 0 spiro atoms. The van der Waals surface area contributed by atoms with Crippen molar-refractivity contribution in [3.05, 3.63) is 110 Å². The second-order valence-electron chi connectivity index (χ2n) is 11.8. The molecule has 11 heteroatoms. The molecule has 2 bridgehead atoms. The summed E-state index contributed by atoms with van der Waals surface area (Å²) in [6.07, 6.45) is -3.92. The molecule has 6 nitrogen and oxygen atoms in total. The number of fused-ring (bicyclic) bond motifs is 9. The van der Waals surface area contributed by atoms with Gasteiger partial charge in [0.1, 0.15) is 12.4 Å². The van der Waals surface area contributed by atoms with Gasteiger partial charge in [0.15, 0.2) is 0 Å². The maximum atomic E-state index is 14.0. The van der Waals surface area contributed by atoms with Crippen molar-refractivity contribution in [3.8, 4) is 5.75 Å². The number of hydrogen-bond donors (Lipinski definition) is 1. The van der Waals surface area contributed by atoms with Crippen molar-refractivity contribution in [1.82, 2.24) is 4.98 Å². The first-order valence-corrected chi connectivity index (χ1v) is 16.1. The number of aromatic amines is 1. The van der Waals surface area contributed by atoms with E-state index in [1.54, 1.807) is 11.8 Å². The summed E-state index contributed by atoms with van der Waals surface area (Å²) >= 11 is 2.73. The third-order valence-corrected chi connectivity index (χ3v) is 12.2. The maximum Gasteiger partial charge on any atom is 0.416 e. The standard InChI is InChI=1S/C33H25F3N2O4S2/c34-33(35,36)17-9-6-10-18(13-17)38-30(39)25-20-14-21(26(25)31(38)40)27-24(20)23(28-29(43-27)37-32(41)44-28)19-11-4-5-12-22(19)42-15-16-7-2-1-3-8-16/h1-13,20-21,23-27H,14-15H2,(H,37,41)/t20?,21?,23-,24?,25?,26?,27?/m1/s1. The lowest BCUT2D eigenvalue weighted by atomic mass is 9.68. The van der Waals surface area contributed by atoms with Gasteiger partial charge in [0, 0.05) is 21.6 Å². The molecule has 44 heavy (non-hydrogen) atoms. The Morgan fingerprint density at radius 1 is 0.886 bits per heavy atom. The van der Waals surface area contributed by atoms with Crippen LogP contribution in [0.1, 0.15) is 33.9 Å². The Hall–Kier alpha value is -3.83. The minimum Gasteiger partial charge on any atom is -0.489 e. The number of imide groups is 1. The number of para-hydroxylation sites is 1. The molecule has 224 valence electrons.